The van der Waals surface area contributed by atoms with E-state index < -0.39 is 29.5 Å². The lowest BCUT2D eigenvalue weighted by Crippen LogP contribution is -2.57. The lowest BCUT2D eigenvalue weighted by Gasteiger charge is -2.39. The summed E-state index contributed by atoms with van der Waals surface area (Å²) < 4.78 is 39.8. The van der Waals surface area contributed by atoms with Crippen LogP contribution in [0.3, 0.4) is 0 Å². The molecule has 0 spiro atoms. The predicted octanol–water partition coefficient (Wildman–Crippen LogP) is 2.61. The van der Waals surface area contributed by atoms with E-state index >= 15 is 0 Å². The highest BCUT2D eigenvalue weighted by Gasteiger charge is 2.41. The third kappa shape index (κ3) is 4.11. The highest BCUT2D eigenvalue weighted by molar-refractivity contribution is 6.35. The molecule has 1 aromatic heterocycles. The van der Waals surface area contributed by atoms with Crippen LogP contribution in [0.1, 0.15) is 10.4 Å². The minimum absolute atomic E-state index is 0.0120. The Morgan fingerprint density at radius 1 is 1.19 bits per heavy atom. The Kier molecular flexibility index (Phi) is 6.44. The number of piperazine rings is 1. The van der Waals surface area contributed by atoms with Gasteiger partial charge in [-0.2, -0.15) is 0 Å². The highest BCUT2D eigenvalue weighted by atomic mass is 35.5. The molecule has 2 amide bonds. The van der Waals surface area contributed by atoms with Crippen LogP contribution in [0, 0.1) is 5.82 Å². The third-order valence-corrected chi connectivity index (χ3v) is 6.86. The minimum atomic E-state index is -1.08. The maximum Gasteiger partial charge on any atom is 0.282 e. The van der Waals surface area contributed by atoms with Gasteiger partial charge in [-0.15, -0.1) is 0 Å². The van der Waals surface area contributed by atoms with Gasteiger partial charge in [0.25, 0.3) is 11.8 Å². The summed E-state index contributed by atoms with van der Waals surface area (Å²) in [5, 5.41) is 10.3. The normalized spacial score (nSPS) is 19.8. The van der Waals surface area contributed by atoms with E-state index in [0.29, 0.717) is 26.3 Å². The Bertz CT molecular complexity index is 1230. The maximum absolute atomic E-state index is 14.8. The van der Waals surface area contributed by atoms with Gasteiger partial charge in [0.15, 0.2) is 11.6 Å². The number of nitrogens with zero attached hydrogens (tertiary/aromatic N) is 4. The number of benzene rings is 1. The average Bonchev–Trinajstić information content (AvgIpc) is 3.02. The number of aromatic hydroxyl groups is 1. The van der Waals surface area contributed by atoms with E-state index in [1.165, 1.54) is 23.1 Å². The fourth-order valence-electron chi connectivity index (χ4n) is 4.72. The van der Waals surface area contributed by atoms with E-state index in [-0.39, 0.29) is 65.4 Å². The Balaban J connectivity index is 1.63. The van der Waals surface area contributed by atoms with Crippen molar-refractivity contribution in [3.05, 3.63) is 47.0 Å². The van der Waals surface area contributed by atoms with Crippen molar-refractivity contribution in [1.82, 2.24) is 14.8 Å². The van der Waals surface area contributed by atoms with E-state index in [1.807, 2.05) is 4.90 Å². The molecular formula is C24H23ClF2N4O5. The number of phenolic OH excluding ortho intramolecular Hbond substituents is 1. The van der Waals surface area contributed by atoms with Gasteiger partial charge < -0.3 is 29.3 Å². The zero-order valence-electron chi connectivity index (χ0n) is 19.2. The molecule has 0 radical (unpaired) electrons. The molecule has 2 fully saturated rings. The van der Waals surface area contributed by atoms with E-state index in [4.69, 9.17) is 21.1 Å². The number of hydrogen-bond acceptors (Lipinski definition) is 7. The molecule has 1 N–H and O–H groups in total. The van der Waals surface area contributed by atoms with Crippen molar-refractivity contribution in [3.8, 4) is 22.8 Å². The van der Waals surface area contributed by atoms with Crippen LogP contribution >= 0.6 is 11.6 Å². The summed E-state index contributed by atoms with van der Waals surface area (Å²) in [6.45, 7) is 4.95. The summed E-state index contributed by atoms with van der Waals surface area (Å²) in [5.41, 5.74) is -0.166. The summed E-state index contributed by atoms with van der Waals surface area (Å²) in [6.07, 6.45) is 0. The summed E-state index contributed by atoms with van der Waals surface area (Å²) >= 11 is 6.67. The largest absolute Gasteiger partial charge is 0.507 e. The first-order chi connectivity index (χ1) is 17.3. The molecule has 1 atom stereocenters. The number of amides is 2. The Morgan fingerprint density at radius 2 is 1.94 bits per heavy atom. The topological polar surface area (TPSA) is 95.4 Å². The first-order valence-corrected chi connectivity index (χ1v) is 11.8. The molecule has 9 nitrogen and oxygen atoms in total. The van der Waals surface area contributed by atoms with Crippen LogP contribution in [0.4, 0.5) is 14.6 Å². The second-order valence-corrected chi connectivity index (χ2v) is 9.03. The van der Waals surface area contributed by atoms with Gasteiger partial charge in [0.05, 0.1) is 24.8 Å². The number of fused-ring (bicyclic) bond motifs is 2. The monoisotopic (exact) mass is 520 g/mol. The maximum atomic E-state index is 14.8. The summed E-state index contributed by atoms with van der Waals surface area (Å²) in [7, 11) is 0. The smallest absolute Gasteiger partial charge is 0.282 e. The predicted molar refractivity (Wildman–Crippen MR) is 126 cm³/mol. The lowest BCUT2D eigenvalue weighted by atomic mass is 10.0. The van der Waals surface area contributed by atoms with Crippen LogP contribution in [-0.2, 0) is 9.53 Å². The number of pyridine rings is 1. The Hall–Kier alpha value is -3.44. The number of hydrogen-bond donors (Lipinski definition) is 1. The van der Waals surface area contributed by atoms with Gasteiger partial charge in [0.2, 0.25) is 0 Å². The molecule has 4 heterocycles. The van der Waals surface area contributed by atoms with Crippen LogP contribution in [0.25, 0.3) is 11.3 Å². The molecule has 36 heavy (non-hydrogen) atoms. The van der Waals surface area contributed by atoms with Gasteiger partial charge in [-0.05, 0) is 12.1 Å². The Labute approximate surface area is 210 Å². The molecule has 2 aromatic rings. The van der Waals surface area contributed by atoms with E-state index in [9.17, 15) is 23.5 Å². The van der Waals surface area contributed by atoms with Gasteiger partial charge in [0, 0.05) is 32.7 Å². The molecule has 3 aliphatic heterocycles. The number of rotatable bonds is 3. The standard InChI is InChI=1S/C24H23ClF2N4O5/c1-13(26)23(33)30-5-6-31-14(11-30)12-36-21-18(24(31)34)22(29-7-9-35-10-8-29)28-20(19(21)25)17-15(27)3-2-4-16(17)32/h2-4,14,32H,1,5-12H2. The molecule has 1 aromatic carbocycles. The molecule has 12 heteroatoms. The number of carbonyl (C=O) groups is 2. The van der Waals surface area contributed by atoms with Crippen LogP contribution < -0.4 is 9.64 Å². The van der Waals surface area contributed by atoms with Crippen molar-refractivity contribution in [3.63, 3.8) is 0 Å². The lowest BCUT2D eigenvalue weighted by molar-refractivity contribution is -0.131. The third-order valence-electron chi connectivity index (χ3n) is 6.51. The zero-order chi connectivity index (χ0) is 25.6. The molecule has 3 aliphatic rings. The van der Waals surface area contributed by atoms with Crippen molar-refractivity contribution < 1.29 is 33.0 Å². The average molecular weight is 521 g/mol. The number of anilines is 1. The second kappa shape index (κ2) is 9.55. The molecule has 5 rings (SSSR count). The van der Waals surface area contributed by atoms with Crippen molar-refractivity contribution in [2.24, 2.45) is 0 Å². The second-order valence-electron chi connectivity index (χ2n) is 8.65. The molecule has 1 unspecified atom stereocenters. The number of phenols is 1. The fourth-order valence-corrected chi connectivity index (χ4v) is 5.01. The van der Waals surface area contributed by atoms with Crippen molar-refractivity contribution in [1.29, 1.82) is 0 Å². The van der Waals surface area contributed by atoms with Gasteiger partial charge in [-0.25, -0.2) is 13.8 Å². The van der Waals surface area contributed by atoms with Gasteiger partial charge in [-0.1, -0.05) is 24.2 Å². The van der Waals surface area contributed by atoms with Crippen molar-refractivity contribution >= 4 is 29.2 Å². The van der Waals surface area contributed by atoms with Crippen LogP contribution in [0.15, 0.2) is 30.6 Å². The fraction of sp³-hybridized carbons (Fsp3) is 0.375. The first-order valence-electron chi connectivity index (χ1n) is 11.4. The van der Waals surface area contributed by atoms with Crippen LogP contribution in [0.2, 0.25) is 5.02 Å². The number of ether oxygens (including phenoxy) is 2. The number of morpholine rings is 1. The number of halogens is 3. The quantitative estimate of drug-likeness (QED) is 0.622. The van der Waals surface area contributed by atoms with E-state index in [2.05, 4.69) is 11.6 Å². The number of aromatic nitrogens is 1. The number of carbonyl (C=O) groups excluding carboxylic acids is 2. The van der Waals surface area contributed by atoms with E-state index in [0.717, 1.165) is 0 Å². The van der Waals surface area contributed by atoms with Gasteiger partial charge >= 0.3 is 0 Å². The summed E-state index contributed by atoms with van der Waals surface area (Å²) in [4.78, 5) is 35.2. The molecule has 0 aliphatic carbocycles. The summed E-state index contributed by atoms with van der Waals surface area (Å²) in [5.74, 6) is -3.20. The molecule has 190 valence electrons. The Morgan fingerprint density at radius 3 is 2.64 bits per heavy atom. The molecule has 2 saturated heterocycles. The van der Waals surface area contributed by atoms with Crippen LogP contribution in [0.5, 0.6) is 11.5 Å². The van der Waals surface area contributed by atoms with E-state index in [1.54, 1.807) is 4.90 Å². The highest BCUT2D eigenvalue weighted by Crippen LogP contribution is 2.46. The first kappa shape index (κ1) is 24.3. The zero-order valence-corrected chi connectivity index (χ0v) is 19.9. The molecule has 0 saturated carbocycles. The minimum Gasteiger partial charge on any atom is -0.507 e. The molecule has 0 bridgehead atoms. The van der Waals surface area contributed by atoms with Gasteiger partial charge in [0.1, 0.15) is 40.3 Å². The summed E-state index contributed by atoms with van der Waals surface area (Å²) in [6, 6.07) is 3.25. The van der Waals surface area contributed by atoms with Gasteiger partial charge in [-0.3, -0.25) is 9.59 Å². The SMILES string of the molecule is C=C(F)C(=O)N1CCN2C(=O)c3c(N4CCOCC4)nc(-c4c(O)cccc4F)c(Cl)c3OCC2C1. The molecular weight excluding hydrogens is 498 g/mol. The van der Waals surface area contributed by atoms with Crippen molar-refractivity contribution in [2.45, 2.75) is 6.04 Å². The van der Waals surface area contributed by atoms with Crippen LogP contribution in [-0.4, -0.2) is 90.3 Å². The van der Waals surface area contributed by atoms with Crippen molar-refractivity contribution in [2.75, 3.05) is 57.4 Å².